The van der Waals surface area contributed by atoms with E-state index in [9.17, 15) is 0 Å². The van der Waals surface area contributed by atoms with E-state index in [0.717, 1.165) is 17.1 Å². The summed E-state index contributed by atoms with van der Waals surface area (Å²) in [4.78, 5) is 9.15. The van der Waals surface area contributed by atoms with Gasteiger partial charge in [-0.05, 0) is 43.0 Å². The molecule has 0 aliphatic heterocycles. The third-order valence-corrected chi connectivity index (χ3v) is 3.21. The Morgan fingerprint density at radius 1 is 1.11 bits per heavy atom. The molecule has 0 atom stereocenters. The highest BCUT2D eigenvalue weighted by atomic mass is 14.8. The van der Waals surface area contributed by atoms with Crippen LogP contribution in [0.3, 0.4) is 0 Å². The first kappa shape index (κ1) is 13.5. The van der Waals surface area contributed by atoms with E-state index >= 15 is 0 Å². The number of para-hydroxylation sites is 1. The van der Waals surface area contributed by atoms with Gasteiger partial charge >= 0.3 is 0 Å². The molecule has 1 aromatic heterocycles. The summed E-state index contributed by atoms with van der Waals surface area (Å²) in [7, 11) is 0. The minimum atomic E-state index is 0.468. The molecule has 2 nitrogen and oxygen atoms in total. The summed E-state index contributed by atoms with van der Waals surface area (Å²) in [6, 6.07) is 12.3. The molecule has 19 heavy (non-hydrogen) atoms. The Hall–Kier alpha value is -1.96. The summed E-state index contributed by atoms with van der Waals surface area (Å²) in [5.74, 6) is 0.468. The van der Waals surface area contributed by atoms with Crippen molar-refractivity contribution in [2.75, 3.05) is 0 Å². The van der Waals surface area contributed by atoms with Crippen molar-refractivity contribution < 1.29 is 0 Å². The van der Waals surface area contributed by atoms with Gasteiger partial charge in [-0.2, -0.15) is 0 Å². The summed E-state index contributed by atoms with van der Waals surface area (Å²) in [6.45, 7) is 8.52. The lowest BCUT2D eigenvalue weighted by Gasteiger charge is -2.12. The minimum absolute atomic E-state index is 0.468. The SMILES string of the molecule is C/C(=N\c1c(C)cccc1C(C)C)c1ccccn1. The van der Waals surface area contributed by atoms with Crippen LogP contribution >= 0.6 is 0 Å². The standard InChI is InChI=1S/C17H20N2/c1-12(2)15-9-7-8-13(3)17(15)19-14(4)16-10-5-6-11-18-16/h5-12H,1-4H3/b19-14+. The average Bonchev–Trinajstić information content (AvgIpc) is 2.41. The molecule has 0 fully saturated rings. The van der Waals surface area contributed by atoms with Crippen LogP contribution in [0.25, 0.3) is 0 Å². The maximum Gasteiger partial charge on any atom is 0.0841 e. The van der Waals surface area contributed by atoms with Crippen LogP contribution in [0.4, 0.5) is 5.69 Å². The van der Waals surface area contributed by atoms with Gasteiger partial charge in [0.05, 0.1) is 17.1 Å². The quantitative estimate of drug-likeness (QED) is 0.730. The molecule has 98 valence electrons. The molecule has 0 radical (unpaired) electrons. The zero-order valence-electron chi connectivity index (χ0n) is 12.0. The maximum absolute atomic E-state index is 4.80. The van der Waals surface area contributed by atoms with Crippen LogP contribution in [-0.4, -0.2) is 10.7 Å². The minimum Gasteiger partial charge on any atom is -0.255 e. The van der Waals surface area contributed by atoms with Crippen molar-refractivity contribution in [2.24, 2.45) is 4.99 Å². The predicted octanol–water partition coefficient (Wildman–Crippen LogP) is 4.65. The Morgan fingerprint density at radius 3 is 2.53 bits per heavy atom. The molecule has 0 N–H and O–H groups in total. The lowest BCUT2D eigenvalue weighted by molar-refractivity contribution is 0.865. The molecule has 2 aromatic rings. The van der Waals surface area contributed by atoms with Gasteiger partial charge < -0.3 is 0 Å². The van der Waals surface area contributed by atoms with E-state index in [1.54, 1.807) is 6.20 Å². The first-order chi connectivity index (χ1) is 9.09. The molecule has 0 aliphatic carbocycles. The molecule has 1 aromatic carbocycles. The van der Waals surface area contributed by atoms with Crippen LogP contribution < -0.4 is 0 Å². The Morgan fingerprint density at radius 2 is 1.89 bits per heavy atom. The lowest BCUT2D eigenvalue weighted by atomic mass is 9.98. The van der Waals surface area contributed by atoms with Gasteiger partial charge in [0, 0.05) is 6.20 Å². The number of aryl methyl sites for hydroxylation is 1. The van der Waals surface area contributed by atoms with E-state index in [2.05, 4.69) is 44.0 Å². The van der Waals surface area contributed by atoms with Gasteiger partial charge in [-0.15, -0.1) is 0 Å². The predicted molar refractivity (Wildman–Crippen MR) is 81.4 cm³/mol. The Balaban J connectivity index is 2.48. The molecule has 0 aliphatic rings. The highest BCUT2D eigenvalue weighted by Gasteiger charge is 2.09. The largest absolute Gasteiger partial charge is 0.255 e. The molecular formula is C17H20N2. The summed E-state index contributed by atoms with van der Waals surface area (Å²) in [6.07, 6.45) is 1.80. The second kappa shape index (κ2) is 5.79. The average molecular weight is 252 g/mol. The molecular weight excluding hydrogens is 232 g/mol. The van der Waals surface area contributed by atoms with E-state index in [-0.39, 0.29) is 0 Å². The van der Waals surface area contributed by atoms with Crippen molar-refractivity contribution in [1.29, 1.82) is 0 Å². The van der Waals surface area contributed by atoms with Gasteiger partial charge in [-0.3, -0.25) is 9.98 Å². The Bertz CT molecular complexity index is 583. The number of pyridine rings is 1. The lowest BCUT2D eigenvalue weighted by Crippen LogP contribution is -1.99. The van der Waals surface area contributed by atoms with Gasteiger partial charge in [0.15, 0.2) is 0 Å². The van der Waals surface area contributed by atoms with E-state index in [1.165, 1.54) is 11.1 Å². The molecule has 0 bridgehead atoms. The highest BCUT2D eigenvalue weighted by molar-refractivity contribution is 5.98. The van der Waals surface area contributed by atoms with Crippen LogP contribution in [0, 0.1) is 6.92 Å². The van der Waals surface area contributed by atoms with Crippen molar-refractivity contribution in [3.8, 4) is 0 Å². The van der Waals surface area contributed by atoms with Gasteiger partial charge in [0.2, 0.25) is 0 Å². The van der Waals surface area contributed by atoms with Crippen molar-refractivity contribution >= 4 is 11.4 Å². The molecule has 2 rings (SSSR count). The fourth-order valence-corrected chi connectivity index (χ4v) is 2.10. The third kappa shape index (κ3) is 3.08. The van der Waals surface area contributed by atoms with E-state index in [4.69, 9.17) is 4.99 Å². The number of aliphatic imine (C=N–C) groups is 1. The summed E-state index contributed by atoms with van der Waals surface area (Å²) < 4.78 is 0. The topological polar surface area (TPSA) is 25.2 Å². The van der Waals surface area contributed by atoms with Gasteiger partial charge in [0.25, 0.3) is 0 Å². The van der Waals surface area contributed by atoms with Gasteiger partial charge in [0.1, 0.15) is 0 Å². The number of benzene rings is 1. The van der Waals surface area contributed by atoms with Crippen molar-refractivity contribution in [1.82, 2.24) is 4.98 Å². The highest BCUT2D eigenvalue weighted by Crippen LogP contribution is 2.30. The summed E-state index contributed by atoms with van der Waals surface area (Å²) in [5, 5.41) is 0. The Kier molecular flexibility index (Phi) is 4.10. The number of hydrogen-bond donors (Lipinski definition) is 0. The number of nitrogens with zero attached hydrogens (tertiary/aromatic N) is 2. The third-order valence-electron chi connectivity index (χ3n) is 3.21. The molecule has 0 spiro atoms. The van der Waals surface area contributed by atoms with Gasteiger partial charge in [-0.25, -0.2) is 0 Å². The van der Waals surface area contributed by atoms with Crippen LogP contribution in [0.1, 0.15) is 43.5 Å². The smallest absolute Gasteiger partial charge is 0.0841 e. The molecule has 0 saturated carbocycles. The number of aromatic nitrogens is 1. The van der Waals surface area contributed by atoms with E-state index in [1.807, 2.05) is 25.1 Å². The fourth-order valence-electron chi connectivity index (χ4n) is 2.10. The van der Waals surface area contributed by atoms with Crippen LogP contribution in [0.2, 0.25) is 0 Å². The summed E-state index contributed by atoms with van der Waals surface area (Å²) >= 11 is 0. The zero-order valence-corrected chi connectivity index (χ0v) is 12.0. The van der Waals surface area contributed by atoms with E-state index < -0.39 is 0 Å². The molecule has 0 unspecified atom stereocenters. The van der Waals surface area contributed by atoms with Crippen LogP contribution in [0.5, 0.6) is 0 Å². The maximum atomic E-state index is 4.80. The van der Waals surface area contributed by atoms with Crippen molar-refractivity contribution in [3.05, 3.63) is 59.4 Å². The van der Waals surface area contributed by atoms with Crippen LogP contribution in [0.15, 0.2) is 47.6 Å². The van der Waals surface area contributed by atoms with Crippen LogP contribution in [-0.2, 0) is 0 Å². The molecule has 1 heterocycles. The zero-order chi connectivity index (χ0) is 13.8. The van der Waals surface area contributed by atoms with Crippen molar-refractivity contribution in [2.45, 2.75) is 33.6 Å². The van der Waals surface area contributed by atoms with Gasteiger partial charge in [-0.1, -0.05) is 38.1 Å². The molecule has 0 amide bonds. The second-order valence-corrected chi connectivity index (χ2v) is 5.08. The normalized spacial score (nSPS) is 11.9. The first-order valence-electron chi connectivity index (χ1n) is 6.66. The fraction of sp³-hybridized carbons (Fsp3) is 0.294. The summed E-state index contributed by atoms with van der Waals surface area (Å²) in [5.41, 5.74) is 5.47. The molecule has 2 heteroatoms. The second-order valence-electron chi connectivity index (χ2n) is 5.08. The monoisotopic (exact) mass is 252 g/mol. The number of hydrogen-bond acceptors (Lipinski definition) is 2. The van der Waals surface area contributed by atoms with Crippen molar-refractivity contribution in [3.63, 3.8) is 0 Å². The first-order valence-corrected chi connectivity index (χ1v) is 6.66. The number of rotatable bonds is 3. The molecule has 0 saturated heterocycles. The Labute approximate surface area is 115 Å². The van der Waals surface area contributed by atoms with E-state index in [0.29, 0.717) is 5.92 Å².